The molecule has 0 atom stereocenters. The van der Waals surface area contributed by atoms with Gasteiger partial charge in [0.2, 0.25) is 5.91 Å². The van der Waals surface area contributed by atoms with Crippen molar-refractivity contribution in [2.24, 2.45) is 0 Å². The van der Waals surface area contributed by atoms with Crippen LogP contribution in [-0.2, 0) is 10.2 Å². The Hall–Kier alpha value is -3.88. The van der Waals surface area contributed by atoms with Gasteiger partial charge in [0.25, 0.3) is 0 Å². The van der Waals surface area contributed by atoms with Gasteiger partial charge in [-0.15, -0.1) is 8.78 Å². The highest BCUT2D eigenvalue weighted by Gasteiger charge is 2.52. The highest BCUT2D eigenvalue weighted by atomic mass is 19.3. The number of hydrogen-bond acceptors (Lipinski definition) is 5. The van der Waals surface area contributed by atoms with E-state index >= 15 is 0 Å². The van der Waals surface area contributed by atoms with Crippen LogP contribution >= 0.6 is 0 Å². The molecule has 2 heterocycles. The molecule has 0 spiro atoms. The second-order valence-corrected chi connectivity index (χ2v) is 7.63. The molecule has 2 aromatic carbocycles. The summed E-state index contributed by atoms with van der Waals surface area (Å²) < 4.78 is 49.4. The van der Waals surface area contributed by atoms with Crippen molar-refractivity contribution in [1.82, 2.24) is 4.98 Å². The van der Waals surface area contributed by atoms with E-state index in [-0.39, 0.29) is 28.8 Å². The minimum atomic E-state index is -3.73. The molecule has 1 aliphatic heterocycles. The summed E-state index contributed by atoms with van der Waals surface area (Å²) in [7, 11) is 0. The molecule has 32 heavy (non-hydrogen) atoms. The summed E-state index contributed by atoms with van der Waals surface area (Å²) >= 11 is 0. The van der Waals surface area contributed by atoms with E-state index in [1.165, 1.54) is 24.3 Å². The van der Waals surface area contributed by atoms with Crippen LogP contribution in [0.5, 0.6) is 11.5 Å². The van der Waals surface area contributed by atoms with Crippen molar-refractivity contribution in [2.45, 2.75) is 24.6 Å². The third-order valence-corrected chi connectivity index (χ3v) is 5.55. The van der Waals surface area contributed by atoms with E-state index in [9.17, 15) is 22.8 Å². The maximum absolute atomic E-state index is 13.9. The molecule has 0 radical (unpaired) electrons. The van der Waals surface area contributed by atoms with Crippen molar-refractivity contribution >= 4 is 18.0 Å². The number of halogens is 3. The fourth-order valence-electron chi connectivity index (χ4n) is 3.70. The Labute approximate surface area is 180 Å². The van der Waals surface area contributed by atoms with E-state index in [2.05, 4.69) is 19.8 Å². The number of carbonyl (C=O) groups excluding carboxylic acids is 2. The van der Waals surface area contributed by atoms with Crippen LogP contribution in [0.1, 0.15) is 28.8 Å². The molecular weight excluding hydrogens is 425 g/mol. The first kappa shape index (κ1) is 20.0. The average Bonchev–Trinajstić information content (AvgIpc) is 3.51. The van der Waals surface area contributed by atoms with Gasteiger partial charge in [-0.2, -0.15) is 0 Å². The van der Waals surface area contributed by atoms with Crippen LogP contribution < -0.4 is 14.8 Å². The SMILES string of the molecule is O=Cc1ccc(-c2cccc(NC(=O)C3(c4ccc5c(c4)OC(F)(F)O5)CC3)n2)cc1F. The van der Waals surface area contributed by atoms with Crippen LogP contribution in [0.25, 0.3) is 11.3 Å². The first-order valence-corrected chi connectivity index (χ1v) is 9.74. The van der Waals surface area contributed by atoms with Crippen molar-refractivity contribution < 1.29 is 32.2 Å². The summed E-state index contributed by atoms with van der Waals surface area (Å²) in [6.07, 6.45) is -2.23. The topological polar surface area (TPSA) is 77.5 Å². The number of ether oxygens (including phenoxy) is 2. The van der Waals surface area contributed by atoms with Crippen LogP contribution in [0.3, 0.4) is 0 Å². The van der Waals surface area contributed by atoms with Gasteiger partial charge in [-0.1, -0.05) is 18.2 Å². The van der Waals surface area contributed by atoms with E-state index < -0.39 is 17.5 Å². The van der Waals surface area contributed by atoms with Gasteiger partial charge in [-0.3, -0.25) is 9.59 Å². The number of alkyl halides is 2. The zero-order valence-corrected chi connectivity index (χ0v) is 16.4. The summed E-state index contributed by atoms with van der Waals surface area (Å²) in [4.78, 5) is 28.2. The second-order valence-electron chi connectivity index (χ2n) is 7.63. The third-order valence-electron chi connectivity index (χ3n) is 5.55. The van der Waals surface area contributed by atoms with Crippen LogP contribution in [0.4, 0.5) is 19.0 Å². The standard InChI is InChI=1S/C23H15F3N2O4/c24-16-10-13(4-5-14(16)12-29)17-2-1-3-20(27-17)28-21(30)22(8-9-22)15-6-7-18-19(11-15)32-23(25,26)31-18/h1-7,10-12H,8-9H2,(H,27,28,30). The first-order valence-electron chi connectivity index (χ1n) is 9.74. The van der Waals surface area contributed by atoms with Gasteiger partial charge in [0, 0.05) is 5.56 Å². The molecule has 0 bridgehead atoms. The van der Waals surface area contributed by atoms with Crippen LogP contribution in [0.2, 0.25) is 0 Å². The second kappa shape index (κ2) is 7.08. The number of nitrogens with one attached hydrogen (secondary N) is 1. The number of pyridine rings is 1. The molecule has 1 fully saturated rings. The molecule has 9 heteroatoms. The van der Waals surface area contributed by atoms with Gasteiger partial charge in [0.1, 0.15) is 11.6 Å². The normalized spacial score (nSPS) is 17.0. The van der Waals surface area contributed by atoms with Crippen molar-refractivity contribution in [2.75, 3.05) is 5.32 Å². The number of rotatable bonds is 5. The third kappa shape index (κ3) is 3.45. The monoisotopic (exact) mass is 440 g/mol. The highest BCUT2D eigenvalue weighted by molar-refractivity contribution is 6.01. The van der Waals surface area contributed by atoms with Crippen molar-refractivity contribution in [3.63, 3.8) is 0 Å². The predicted molar refractivity (Wildman–Crippen MR) is 107 cm³/mol. The Morgan fingerprint density at radius 1 is 1.03 bits per heavy atom. The number of fused-ring (bicyclic) bond motifs is 1. The summed E-state index contributed by atoms with van der Waals surface area (Å²) in [5.41, 5.74) is 0.454. The Morgan fingerprint density at radius 2 is 1.81 bits per heavy atom. The molecular formula is C23H15F3N2O4. The maximum atomic E-state index is 13.9. The van der Waals surface area contributed by atoms with E-state index in [1.54, 1.807) is 30.3 Å². The van der Waals surface area contributed by atoms with E-state index in [0.717, 1.165) is 0 Å². The molecule has 1 aliphatic carbocycles. The van der Waals surface area contributed by atoms with Gasteiger partial charge in [0.15, 0.2) is 17.8 Å². The lowest BCUT2D eigenvalue weighted by Gasteiger charge is -2.16. The Balaban J connectivity index is 1.37. The van der Waals surface area contributed by atoms with Crippen LogP contribution in [-0.4, -0.2) is 23.5 Å². The number of aldehydes is 1. The Bertz CT molecular complexity index is 1260. The van der Waals surface area contributed by atoms with E-state index in [4.69, 9.17) is 0 Å². The number of nitrogens with zero attached hydrogens (tertiary/aromatic N) is 1. The molecule has 1 amide bonds. The lowest BCUT2D eigenvalue weighted by molar-refractivity contribution is -0.286. The van der Waals surface area contributed by atoms with Gasteiger partial charge in [-0.25, -0.2) is 9.37 Å². The van der Waals surface area contributed by atoms with Crippen LogP contribution in [0.15, 0.2) is 54.6 Å². The van der Waals surface area contributed by atoms with Crippen molar-refractivity contribution in [3.8, 4) is 22.8 Å². The largest absolute Gasteiger partial charge is 0.586 e. The smallest absolute Gasteiger partial charge is 0.395 e. The van der Waals surface area contributed by atoms with Crippen LogP contribution in [0, 0.1) is 5.82 Å². The number of anilines is 1. The summed E-state index contributed by atoms with van der Waals surface area (Å²) in [6, 6.07) is 13.3. The molecule has 1 N–H and O–H groups in total. The molecule has 2 aliphatic rings. The quantitative estimate of drug-likeness (QED) is 0.583. The minimum Gasteiger partial charge on any atom is -0.395 e. The molecule has 5 rings (SSSR count). The molecule has 162 valence electrons. The fraction of sp³-hybridized carbons (Fsp3) is 0.174. The fourth-order valence-corrected chi connectivity index (χ4v) is 3.70. The average molecular weight is 440 g/mol. The first-order chi connectivity index (χ1) is 15.3. The zero-order chi connectivity index (χ0) is 22.5. The molecule has 0 unspecified atom stereocenters. The summed E-state index contributed by atoms with van der Waals surface area (Å²) in [6.45, 7) is 0. The molecule has 1 saturated carbocycles. The lowest BCUT2D eigenvalue weighted by atomic mass is 9.94. The van der Waals surface area contributed by atoms with E-state index in [0.29, 0.717) is 35.9 Å². The number of benzene rings is 2. The Kier molecular flexibility index (Phi) is 4.44. The maximum Gasteiger partial charge on any atom is 0.586 e. The van der Waals surface area contributed by atoms with Gasteiger partial charge >= 0.3 is 6.29 Å². The predicted octanol–water partition coefficient (Wildman–Crippen LogP) is 4.69. The highest BCUT2D eigenvalue weighted by Crippen LogP contribution is 2.52. The molecule has 6 nitrogen and oxygen atoms in total. The number of amides is 1. The summed E-state index contributed by atoms with van der Waals surface area (Å²) in [5, 5.41) is 2.75. The number of aromatic nitrogens is 1. The van der Waals surface area contributed by atoms with E-state index in [1.807, 2.05) is 0 Å². The molecule has 0 saturated heterocycles. The number of carbonyl (C=O) groups is 2. The Morgan fingerprint density at radius 3 is 2.53 bits per heavy atom. The van der Waals surface area contributed by atoms with Gasteiger partial charge < -0.3 is 14.8 Å². The number of hydrogen-bond donors (Lipinski definition) is 1. The van der Waals surface area contributed by atoms with Gasteiger partial charge in [-0.05, 0) is 54.8 Å². The van der Waals surface area contributed by atoms with Crippen molar-refractivity contribution in [1.29, 1.82) is 0 Å². The van der Waals surface area contributed by atoms with Gasteiger partial charge in [0.05, 0.1) is 16.7 Å². The zero-order valence-electron chi connectivity index (χ0n) is 16.4. The van der Waals surface area contributed by atoms with Crippen molar-refractivity contribution in [3.05, 3.63) is 71.5 Å². The minimum absolute atomic E-state index is 0.0598. The summed E-state index contributed by atoms with van der Waals surface area (Å²) in [5.74, 6) is -0.954. The molecule has 3 aromatic rings. The lowest BCUT2D eigenvalue weighted by Crippen LogP contribution is -2.28. The molecule has 1 aromatic heterocycles.